The van der Waals surface area contributed by atoms with Gasteiger partial charge in [0.25, 0.3) is 0 Å². The Hall–Kier alpha value is -0.610. The van der Waals surface area contributed by atoms with Crippen molar-refractivity contribution in [2.75, 3.05) is 19.6 Å². The maximum atomic E-state index is 11.6. The van der Waals surface area contributed by atoms with Crippen molar-refractivity contribution in [2.45, 2.75) is 38.8 Å². The van der Waals surface area contributed by atoms with Crippen molar-refractivity contribution in [3.05, 3.63) is 0 Å². The van der Waals surface area contributed by atoms with E-state index in [0.717, 1.165) is 0 Å². The fourth-order valence-corrected chi connectivity index (χ4v) is 1.52. The average Bonchev–Trinajstić information content (AvgIpc) is 2.15. The first-order valence-electron chi connectivity index (χ1n) is 5.29. The van der Waals surface area contributed by atoms with E-state index in [1.165, 1.54) is 0 Å². The van der Waals surface area contributed by atoms with E-state index < -0.39 is 0 Å². The van der Waals surface area contributed by atoms with Crippen molar-refractivity contribution in [1.82, 2.24) is 10.2 Å². The van der Waals surface area contributed by atoms with Crippen molar-refractivity contribution in [3.8, 4) is 0 Å². The summed E-state index contributed by atoms with van der Waals surface area (Å²) in [5, 5.41) is 12.4. The van der Waals surface area contributed by atoms with E-state index in [1.54, 1.807) is 0 Å². The molecule has 4 nitrogen and oxygen atoms in total. The number of aliphatic hydroxyl groups is 1. The van der Waals surface area contributed by atoms with Crippen molar-refractivity contribution in [3.63, 3.8) is 0 Å². The summed E-state index contributed by atoms with van der Waals surface area (Å²) in [6.45, 7) is 5.84. The summed E-state index contributed by atoms with van der Waals surface area (Å²) in [7, 11) is 0. The molecule has 0 radical (unpaired) electrons. The van der Waals surface area contributed by atoms with E-state index in [0.29, 0.717) is 38.5 Å². The largest absolute Gasteiger partial charge is 0.393 e. The maximum Gasteiger partial charge on any atom is 0.236 e. The van der Waals surface area contributed by atoms with Gasteiger partial charge in [-0.3, -0.25) is 4.79 Å². The molecule has 2 N–H and O–H groups in total. The molecule has 4 heteroatoms. The second-order valence-electron chi connectivity index (χ2n) is 4.15. The molecule has 0 unspecified atom stereocenters. The van der Waals surface area contributed by atoms with Crippen molar-refractivity contribution in [2.24, 2.45) is 0 Å². The molecule has 1 saturated heterocycles. The van der Waals surface area contributed by atoms with Crippen LogP contribution >= 0.6 is 0 Å². The third-order valence-electron chi connectivity index (χ3n) is 2.48. The smallest absolute Gasteiger partial charge is 0.236 e. The van der Waals surface area contributed by atoms with Gasteiger partial charge in [0, 0.05) is 19.1 Å². The second-order valence-corrected chi connectivity index (χ2v) is 4.15. The van der Waals surface area contributed by atoms with Crippen LogP contribution in [0.5, 0.6) is 0 Å². The molecular formula is C10H20N2O2. The van der Waals surface area contributed by atoms with Crippen molar-refractivity contribution in [1.29, 1.82) is 0 Å². The number of amides is 1. The molecule has 0 aromatic carbocycles. The van der Waals surface area contributed by atoms with Crippen LogP contribution in [0.15, 0.2) is 0 Å². The summed E-state index contributed by atoms with van der Waals surface area (Å²) in [5.41, 5.74) is 0. The number of rotatable bonds is 3. The van der Waals surface area contributed by atoms with Crippen LogP contribution in [0.4, 0.5) is 0 Å². The average molecular weight is 200 g/mol. The van der Waals surface area contributed by atoms with Gasteiger partial charge in [-0.2, -0.15) is 0 Å². The minimum absolute atomic E-state index is 0.144. The van der Waals surface area contributed by atoms with Gasteiger partial charge in [0.05, 0.1) is 12.6 Å². The van der Waals surface area contributed by atoms with Crippen LogP contribution in [0.25, 0.3) is 0 Å². The lowest BCUT2D eigenvalue weighted by Crippen LogP contribution is -2.45. The summed E-state index contributed by atoms with van der Waals surface area (Å²) >= 11 is 0. The van der Waals surface area contributed by atoms with Gasteiger partial charge < -0.3 is 15.3 Å². The first kappa shape index (κ1) is 11.5. The summed E-state index contributed by atoms with van der Waals surface area (Å²) in [4.78, 5) is 13.4. The predicted molar refractivity (Wildman–Crippen MR) is 55.0 cm³/mol. The second kappa shape index (κ2) is 5.32. The Labute approximate surface area is 85.3 Å². The Morgan fingerprint density at radius 3 is 2.57 bits per heavy atom. The Bertz CT molecular complexity index is 187. The molecule has 1 fully saturated rings. The van der Waals surface area contributed by atoms with Crippen LogP contribution < -0.4 is 5.32 Å². The van der Waals surface area contributed by atoms with E-state index in [2.05, 4.69) is 5.32 Å². The first-order valence-corrected chi connectivity index (χ1v) is 5.29. The van der Waals surface area contributed by atoms with E-state index in [4.69, 9.17) is 0 Å². The number of carbonyl (C=O) groups is 1. The van der Waals surface area contributed by atoms with E-state index in [1.807, 2.05) is 18.7 Å². The quantitative estimate of drug-likeness (QED) is 0.672. The zero-order chi connectivity index (χ0) is 10.6. The van der Waals surface area contributed by atoms with Gasteiger partial charge in [0.2, 0.25) is 5.91 Å². The van der Waals surface area contributed by atoms with Gasteiger partial charge in [-0.15, -0.1) is 0 Å². The number of hydrogen-bond acceptors (Lipinski definition) is 3. The van der Waals surface area contributed by atoms with Gasteiger partial charge in [0.1, 0.15) is 0 Å². The highest BCUT2D eigenvalue weighted by Gasteiger charge is 2.20. The van der Waals surface area contributed by atoms with E-state index in [-0.39, 0.29) is 12.0 Å². The molecule has 1 amide bonds. The Balaban J connectivity index is 2.24. The van der Waals surface area contributed by atoms with Crippen LogP contribution in [-0.4, -0.2) is 47.7 Å². The summed E-state index contributed by atoms with van der Waals surface area (Å²) < 4.78 is 0. The number of likely N-dealkylation sites (tertiary alicyclic amines) is 1. The van der Waals surface area contributed by atoms with Gasteiger partial charge >= 0.3 is 0 Å². The molecule has 0 aromatic heterocycles. The van der Waals surface area contributed by atoms with Gasteiger partial charge in [-0.1, -0.05) is 13.8 Å². The lowest BCUT2D eigenvalue weighted by molar-refractivity contribution is -0.132. The number of carbonyl (C=O) groups excluding carboxylic acids is 1. The highest BCUT2D eigenvalue weighted by Crippen LogP contribution is 2.09. The fourth-order valence-electron chi connectivity index (χ4n) is 1.52. The van der Waals surface area contributed by atoms with Gasteiger partial charge in [-0.05, 0) is 12.8 Å². The van der Waals surface area contributed by atoms with Crippen LogP contribution in [-0.2, 0) is 4.79 Å². The Morgan fingerprint density at radius 1 is 1.50 bits per heavy atom. The monoisotopic (exact) mass is 200 g/mol. The minimum atomic E-state index is -0.211. The van der Waals surface area contributed by atoms with E-state index >= 15 is 0 Å². The Kier molecular flexibility index (Phi) is 4.35. The molecule has 0 saturated carbocycles. The predicted octanol–water partition coefficient (Wildman–Crippen LogP) is -0.0323. The summed E-state index contributed by atoms with van der Waals surface area (Å²) in [5.74, 6) is 0.144. The number of aliphatic hydroxyl groups excluding tert-OH is 1. The zero-order valence-corrected chi connectivity index (χ0v) is 8.99. The van der Waals surface area contributed by atoms with Crippen molar-refractivity contribution >= 4 is 5.91 Å². The standard InChI is InChI=1S/C10H20N2O2/c1-8(2)11-7-10(14)12-5-3-9(13)4-6-12/h8-9,11,13H,3-7H2,1-2H3. The van der Waals surface area contributed by atoms with Crippen LogP contribution in [0.3, 0.4) is 0 Å². The highest BCUT2D eigenvalue weighted by molar-refractivity contribution is 5.78. The lowest BCUT2D eigenvalue weighted by Gasteiger charge is -2.29. The van der Waals surface area contributed by atoms with Gasteiger partial charge in [-0.25, -0.2) is 0 Å². The minimum Gasteiger partial charge on any atom is -0.393 e. The summed E-state index contributed by atoms with van der Waals surface area (Å²) in [6.07, 6.45) is 1.22. The molecule has 0 aromatic rings. The Morgan fingerprint density at radius 2 is 2.07 bits per heavy atom. The van der Waals surface area contributed by atoms with Crippen molar-refractivity contribution < 1.29 is 9.90 Å². The number of nitrogens with zero attached hydrogens (tertiary/aromatic N) is 1. The van der Waals surface area contributed by atoms with Crippen LogP contribution in [0.1, 0.15) is 26.7 Å². The molecule has 14 heavy (non-hydrogen) atoms. The lowest BCUT2D eigenvalue weighted by atomic mass is 10.1. The number of piperidine rings is 1. The third kappa shape index (κ3) is 3.64. The number of hydrogen-bond donors (Lipinski definition) is 2. The SMILES string of the molecule is CC(C)NCC(=O)N1CCC(O)CC1. The molecule has 0 aliphatic carbocycles. The molecule has 1 aliphatic rings. The maximum absolute atomic E-state index is 11.6. The first-order chi connectivity index (χ1) is 6.59. The molecule has 1 aliphatic heterocycles. The highest BCUT2D eigenvalue weighted by atomic mass is 16.3. The molecule has 1 heterocycles. The molecule has 82 valence electrons. The van der Waals surface area contributed by atoms with Crippen LogP contribution in [0, 0.1) is 0 Å². The number of nitrogens with one attached hydrogen (secondary N) is 1. The zero-order valence-electron chi connectivity index (χ0n) is 8.99. The third-order valence-corrected chi connectivity index (χ3v) is 2.48. The fraction of sp³-hybridized carbons (Fsp3) is 0.900. The molecule has 1 rings (SSSR count). The van der Waals surface area contributed by atoms with Crippen LogP contribution in [0.2, 0.25) is 0 Å². The topological polar surface area (TPSA) is 52.6 Å². The normalized spacial score (nSPS) is 19.0. The molecule has 0 spiro atoms. The van der Waals surface area contributed by atoms with Gasteiger partial charge in [0.15, 0.2) is 0 Å². The molecular weight excluding hydrogens is 180 g/mol. The summed E-state index contributed by atoms with van der Waals surface area (Å²) in [6, 6.07) is 0.342. The molecule has 0 bridgehead atoms. The molecule has 0 atom stereocenters. The van der Waals surface area contributed by atoms with E-state index in [9.17, 15) is 9.90 Å².